The Hall–Kier alpha value is -3.32. The van der Waals surface area contributed by atoms with Gasteiger partial charge in [-0.25, -0.2) is 0 Å². The van der Waals surface area contributed by atoms with Crippen LogP contribution in [0.5, 0.6) is 11.5 Å². The minimum absolute atomic E-state index is 0.0130. The summed E-state index contributed by atoms with van der Waals surface area (Å²) in [5.74, 6) is 0.712. The fourth-order valence-corrected chi connectivity index (χ4v) is 4.34. The van der Waals surface area contributed by atoms with Crippen LogP contribution in [0.25, 0.3) is 0 Å². The number of aryl methyl sites for hydroxylation is 1. The van der Waals surface area contributed by atoms with Crippen molar-refractivity contribution in [1.29, 1.82) is 0 Å². The Morgan fingerprint density at radius 1 is 1.19 bits per heavy atom. The van der Waals surface area contributed by atoms with E-state index in [0.29, 0.717) is 25.4 Å². The Morgan fingerprint density at radius 3 is 2.69 bits per heavy atom. The first-order valence-corrected chi connectivity index (χ1v) is 11.0. The molecule has 3 aromatic rings. The number of hydrogen-bond donors (Lipinski definition) is 1. The number of rotatable bonds is 7. The topological polar surface area (TPSA) is 70.8 Å². The van der Waals surface area contributed by atoms with Crippen LogP contribution >= 0.6 is 0 Å². The van der Waals surface area contributed by atoms with Crippen LogP contribution in [0, 0.1) is 0 Å². The number of aromatic hydroxyl groups is 1. The molecule has 1 aromatic heterocycles. The minimum atomic E-state index is -0.0130. The lowest BCUT2D eigenvalue weighted by Crippen LogP contribution is -2.32. The lowest BCUT2D eigenvalue weighted by molar-refractivity contribution is -0.116. The van der Waals surface area contributed by atoms with Crippen molar-refractivity contribution in [2.75, 3.05) is 18.1 Å². The molecule has 2 aromatic carbocycles. The van der Waals surface area contributed by atoms with Gasteiger partial charge in [0, 0.05) is 62.5 Å². The number of fused-ring (bicyclic) bond motifs is 1. The van der Waals surface area contributed by atoms with Crippen LogP contribution in [-0.2, 0) is 37.9 Å². The second-order valence-corrected chi connectivity index (χ2v) is 8.09. The van der Waals surface area contributed by atoms with Crippen LogP contribution in [0.1, 0.15) is 36.4 Å². The Morgan fingerprint density at radius 2 is 1.97 bits per heavy atom. The van der Waals surface area contributed by atoms with Gasteiger partial charge >= 0.3 is 0 Å². The van der Waals surface area contributed by atoms with Crippen LogP contribution in [0.15, 0.2) is 48.5 Å². The van der Waals surface area contributed by atoms with Crippen molar-refractivity contribution >= 4 is 11.6 Å². The standard InChI is InChI=1S/C25H30N4O3/c1-4-32-24-12-8-9-19(25(24)31)15-28-14-13-23-21(16-28)22(26-27(23)3)17-29(18(2)30)20-10-6-5-7-11-20/h5-12,31H,4,13-17H2,1-3H3. The predicted molar refractivity (Wildman–Crippen MR) is 124 cm³/mol. The summed E-state index contributed by atoms with van der Waals surface area (Å²) < 4.78 is 7.48. The number of phenols is 1. The monoisotopic (exact) mass is 434 g/mol. The fourth-order valence-electron chi connectivity index (χ4n) is 4.34. The van der Waals surface area contributed by atoms with Gasteiger partial charge in [0.15, 0.2) is 11.5 Å². The number of amides is 1. The van der Waals surface area contributed by atoms with Gasteiger partial charge < -0.3 is 14.7 Å². The summed E-state index contributed by atoms with van der Waals surface area (Å²) in [6.07, 6.45) is 0.871. The number of phenolic OH excluding ortho intramolecular Hbond substituents is 1. The summed E-state index contributed by atoms with van der Waals surface area (Å²) in [6.45, 7) is 6.65. The molecule has 0 bridgehead atoms. The van der Waals surface area contributed by atoms with Crippen LogP contribution < -0.4 is 9.64 Å². The summed E-state index contributed by atoms with van der Waals surface area (Å²) in [7, 11) is 1.97. The van der Waals surface area contributed by atoms with Crippen LogP contribution in [-0.4, -0.2) is 38.8 Å². The first kappa shape index (κ1) is 21.9. The highest BCUT2D eigenvalue weighted by Crippen LogP contribution is 2.32. The summed E-state index contributed by atoms with van der Waals surface area (Å²) in [6, 6.07) is 15.3. The van der Waals surface area contributed by atoms with Crippen LogP contribution in [0.2, 0.25) is 0 Å². The molecule has 1 amide bonds. The average Bonchev–Trinajstić information content (AvgIpc) is 3.10. The third kappa shape index (κ3) is 4.48. The van der Waals surface area contributed by atoms with Gasteiger partial charge in [-0.05, 0) is 25.1 Å². The number of hydrogen-bond acceptors (Lipinski definition) is 5. The number of ether oxygens (including phenoxy) is 1. The molecule has 0 radical (unpaired) electrons. The van der Waals surface area contributed by atoms with Gasteiger partial charge in [0.25, 0.3) is 0 Å². The molecule has 7 nitrogen and oxygen atoms in total. The van der Waals surface area contributed by atoms with E-state index in [1.54, 1.807) is 17.9 Å². The Labute approximate surface area is 188 Å². The molecule has 7 heteroatoms. The predicted octanol–water partition coefficient (Wildman–Crippen LogP) is 3.64. The zero-order chi connectivity index (χ0) is 22.7. The molecule has 0 atom stereocenters. The maximum absolute atomic E-state index is 12.4. The molecule has 32 heavy (non-hydrogen) atoms. The molecule has 1 aliphatic heterocycles. The zero-order valence-electron chi connectivity index (χ0n) is 18.9. The van der Waals surface area contributed by atoms with Crippen molar-refractivity contribution in [3.63, 3.8) is 0 Å². The molecule has 0 saturated heterocycles. The molecule has 0 fully saturated rings. The van der Waals surface area contributed by atoms with E-state index < -0.39 is 0 Å². The van der Waals surface area contributed by atoms with E-state index in [2.05, 4.69) is 4.90 Å². The lowest BCUT2D eigenvalue weighted by Gasteiger charge is -2.28. The summed E-state index contributed by atoms with van der Waals surface area (Å²) in [4.78, 5) is 16.5. The van der Waals surface area contributed by atoms with Gasteiger partial charge in [0.1, 0.15) is 0 Å². The maximum atomic E-state index is 12.4. The third-order valence-corrected chi connectivity index (χ3v) is 5.94. The van der Waals surface area contributed by atoms with Gasteiger partial charge in [0.05, 0.1) is 18.8 Å². The van der Waals surface area contributed by atoms with E-state index >= 15 is 0 Å². The molecule has 168 valence electrons. The van der Waals surface area contributed by atoms with Gasteiger partial charge in [-0.1, -0.05) is 30.3 Å². The second-order valence-electron chi connectivity index (χ2n) is 8.09. The number of anilines is 1. The van der Waals surface area contributed by atoms with Crippen LogP contribution in [0.3, 0.4) is 0 Å². The number of para-hydroxylation sites is 2. The molecule has 0 unspecified atom stereocenters. The van der Waals surface area contributed by atoms with Crippen molar-refractivity contribution in [3.8, 4) is 11.5 Å². The third-order valence-electron chi connectivity index (χ3n) is 5.94. The molecule has 0 aliphatic carbocycles. The van der Waals surface area contributed by atoms with E-state index in [0.717, 1.165) is 36.5 Å². The SMILES string of the molecule is CCOc1cccc(CN2CCc3c(c(CN(C(C)=O)c4ccccc4)nn3C)C2)c1O. The molecule has 4 rings (SSSR count). The summed E-state index contributed by atoms with van der Waals surface area (Å²) in [5, 5.41) is 15.4. The van der Waals surface area contributed by atoms with E-state index in [1.807, 2.05) is 61.1 Å². The van der Waals surface area contributed by atoms with E-state index in [9.17, 15) is 9.90 Å². The molecule has 0 saturated carbocycles. The normalized spacial score (nSPS) is 13.6. The molecule has 0 spiro atoms. The van der Waals surface area contributed by atoms with Gasteiger partial charge in [-0.15, -0.1) is 0 Å². The van der Waals surface area contributed by atoms with Crippen molar-refractivity contribution in [2.45, 2.75) is 39.9 Å². The molecule has 1 N–H and O–H groups in total. The van der Waals surface area contributed by atoms with Crippen LogP contribution in [0.4, 0.5) is 5.69 Å². The zero-order valence-corrected chi connectivity index (χ0v) is 18.9. The van der Waals surface area contributed by atoms with Crippen molar-refractivity contribution in [2.24, 2.45) is 7.05 Å². The molecular formula is C25H30N4O3. The highest BCUT2D eigenvalue weighted by molar-refractivity contribution is 5.91. The highest BCUT2D eigenvalue weighted by atomic mass is 16.5. The van der Waals surface area contributed by atoms with E-state index in [-0.39, 0.29) is 11.7 Å². The minimum Gasteiger partial charge on any atom is -0.504 e. The number of aromatic nitrogens is 2. The van der Waals surface area contributed by atoms with Crippen molar-refractivity contribution in [1.82, 2.24) is 14.7 Å². The highest BCUT2D eigenvalue weighted by Gasteiger charge is 2.26. The van der Waals surface area contributed by atoms with Crippen molar-refractivity contribution < 1.29 is 14.6 Å². The quantitative estimate of drug-likeness (QED) is 0.615. The maximum Gasteiger partial charge on any atom is 0.224 e. The fraction of sp³-hybridized carbons (Fsp3) is 0.360. The number of carbonyl (C=O) groups excluding carboxylic acids is 1. The molecular weight excluding hydrogens is 404 g/mol. The first-order valence-electron chi connectivity index (χ1n) is 11.0. The Balaban J connectivity index is 1.56. The number of benzene rings is 2. The summed E-state index contributed by atoms with van der Waals surface area (Å²) >= 11 is 0. The molecule has 1 aliphatic rings. The van der Waals surface area contributed by atoms with Gasteiger partial charge in [-0.3, -0.25) is 14.4 Å². The van der Waals surface area contributed by atoms with Gasteiger partial charge in [-0.2, -0.15) is 5.10 Å². The Kier molecular flexibility index (Phi) is 6.46. The van der Waals surface area contributed by atoms with Gasteiger partial charge in [0.2, 0.25) is 5.91 Å². The first-order chi connectivity index (χ1) is 15.5. The van der Waals surface area contributed by atoms with E-state index in [4.69, 9.17) is 9.84 Å². The second kappa shape index (κ2) is 9.44. The number of carbonyl (C=O) groups is 1. The largest absolute Gasteiger partial charge is 0.504 e. The average molecular weight is 435 g/mol. The Bertz CT molecular complexity index is 1090. The summed E-state index contributed by atoms with van der Waals surface area (Å²) in [5.41, 5.74) is 5.00. The smallest absolute Gasteiger partial charge is 0.224 e. The number of nitrogens with zero attached hydrogens (tertiary/aromatic N) is 4. The molecule has 2 heterocycles. The van der Waals surface area contributed by atoms with E-state index in [1.165, 1.54) is 11.3 Å². The van der Waals surface area contributed by atoms with Crippen molar-refractivity contribution in [3.05, 3.63) is 71.0 Å². The lowest BCUT2D eigenvalue weighted by atomic mass is 10.0.